The molecular formula is C58H72F6O5S2. The van der Waals surface area contributed by atoms with E-state index in [0.717, 1.165) is 49.2 Å². The molecule has 13 heteroatoms. The van der Waals surface area contributed by atoms with Gasteiger partial charge in [0.1, 0.15) is 23.7 Å². The summed E-state index contributed by atoms with van der Waals surface area (Å²) < 4.78 is 117. The van der Waals surface area contributed by atoms with Gasteiger partial charge in [-0.2, -0.15) is 26.3 Å². The van der Waals surface area contributed by atoms with E-state index in [-0.39, 0.29) is 12.8 Å². The van der Waals surface area contributed by atoms with Gasteiger partial charge in [-0.25, -0.2) is 4.79 Å². The molecule has 388 valence electrons. The number of halogens is 6. The predicted molar refractivity (Wildman–Crippen MR) is 282 cm³/mol. The highest BCUT2D eigenvalue weighted by Gasteiger charge is 2.72. The van der Waals surface area contributed by atoms with Crippen LogP contribution in [0.3, 0.4) is 0 Å². The van der Waals surface area contributed by atoms with Crippen LogP contribution < -0.4 is 9.47 Å². The second-order valence-electron chi connectivity index (χ2n) is 21.3. The van der Waals surface area contributed by atoms with Gasteiger partial charge in [-0.1, -0.05) is 103 Å². The van der Waals surface area contributed by atoms with Crippen LogP contribution in [0.5, 0.6) is 11.5 Å². The molecule has 3 aromatic carbocycles. The summed E-state index contributed by atoms with van der Waals surface area (Å²) in [7, 11) is 0. The Morgan fingerprint density at radius 1 is 0.775 bits per heavy atom. The highest BCUT2D eigenvalue weighted by molar-refractivity contribution is 7.22. The number of aryl methyl sites for hydroxylation is 2. The van der Waals surface area contributed by atoms with E-state index in [1.807, 2.05) is 57.2 Å². The summed E-state index contributed by atoms with van der Waals surface area (Å²) in [6, 6.07) is 22.4. The smallest absolute Gasteiger partial charge is 0.377 e. The van der Waals surface area contributed by atoms with Crippen LogP contribution in [0, 0.1) is 23.7 Å². The Balaban J connectivity index is 1.42. The molecule has 2 atom stereocenters. The largest absolute Gasteiger partial charge is 0.491 e. The van der Waals surface area contributed by atoms with Gasteiger partial charge in [-0.05, 0) is 159 Å². The number of carbonyl (C=O) groups is 1. The fraction of sp³-hybridized carbons (Fsp3) is 0.500. The minimum Gasteiger partial charge on any atom is -0.491 e. The molecule has 2 heterocycles. The van der Waals surface area contributed by atoms with E-state index in [2.05, 4.69) is 95.3 Å². The van der Waals surface area contributed by atoms with Crippen molar-refractivity contribution in [3.05, 3.63) is 113 Å². The van der Waals surface area contributed by atoms with Gasteiger partial charge in [0.25, 0.3) is 0 Å². The van der Waals surface area contributed by atoms with Gasteiger partial charge < -0.3 is 18.9 Å². The van der Waals surface area contributed by atoms with E-state index in [9.17, 15) is 13.6 Å². The highest BCUT2D eigenvalue weighted by atomic mass is 32.1. The fourth-order valence-electron chi connectivity index (χ4n) is 9.80. The maximum atomic E-state index is 15.7. The molecule has 5 rings (SSSR count). The molecule has 0 aliphatic rings. The number of carbonyl (C=O) groups excluding carboxylic acids is 1. The quantitative estimate of drug-likeness (QED) is 0.0252. The molecule has 2 unspecified atom stereocenters. The van der Waals surface area contributed by atoms with Crippen molar-refractivity contribution in [2.45, 2.75) is 158 Å². The van der Waals surface area contributed by atoms with E-state index in [0.29, 0.717) is 23.5 Å². The third kappa shape index (κ3) is 14.1. The molecule has 0 fully saturated rings. The summed E-state index contributed by atoms with van der Waals surface area (Å²) >= 11 is 3.31. The number of allylic oxidation sites excluding steroid dienone is 4. The number of rotatable bonds is 25. The molecule has 0 amide bonds. The van der Waals surface area contributed by atoms with Crippen LogP contribution in [0.1, 0.15) is 125 Å². The normalized spacial score (nSPS) is 14.6. The number of ether oxygens (including phenoxy) is 4. The van der Waals surface area contributed by atoms with Gasteiger partial charge in [0, 0.05) is 25.2 Å². The highest BCUT2D eigenvalue weighted by Crippen LogP contribution is 2.50. The van der Waals surface area contributed by atoms with Crippen LogP contribution in [0.2, 0.25) is 0 Å². The molecule has 0 aliphatic heterocycles. The number of thiophene rings is 2. The first kappa shape index (κ1) is 57.3. The number of benzene rings is 3. The summed E-state index contributed by atoms with van der Waals surface area (Å²) in [6.45, 7) is 24.1. The van der Waals surface area contributed by atoms with E-state index in [1.54, 1.807) is 50.4 Å². The zero-order valence-corrected chi connectivity index (χ0v) is 45.2. The summed E-state index contributed by atoms with van der Waals surface area (Å²) in [5.74, 6) is -16.6. The topological polar surface area (TPSA) is 54.0 Å². The maximum absolute atomic E-state index is 15.7. The molecule has 71 heavy (non-hydrogen) atoms. The third-order valence-corrected chi connectivity index (χ3v) is 15.1. The number of fused-ring (bicyclic) bond motifs is 2. The van der Waals surface area contributed by atoms with Crippen LogP contribution in [0.25, 0.3) is 36.2 Å². The van der Waals surface area contributed by atoms with Crippen molar-refractivity contribution in [1.29, 1.82) is 0 Å². The Bertz CT molecular complexity index is 2710. The summed E-state index contributed by atoms with van der Waals surface area (Å²) in [5.41, 5.74) is 2.91. The predicted octanol–water partition coefficient (Wildman–Crippen LogP) is 17.9. The lowest BCUT2D eigenvalue weighted by Crippen LogP contribution is -2.59. The van der Waals surface area contributed by atoms with Crippen molar-refractivity contribution in [3.63, 3.8) is 0 Å². The average Bonchev–Trinajstić information content (AvgIpc) is 3.89. The van der Waals surface area contributed by atoms with Gasteiger partial charge in [0.2, 0.25) is 0 Å². The second kappa shape index (κ2) is 22.7. The van der Waals surface area contributed by atoms with Crippen LogP contribution in [0.15, 0.2) is 97.1 Å². The molecule has 0 saturated heterocycles. The molecular weight excluding hydrogens is 955 g/mol. The van der Waals surface area contributed by atoms with Crippen LogP contribution in [-0.4, -0.2) is 54.8 Å². The lowest BCUT2D eigenvalue weighted by atomic mass is 9.66. The molecule has 5 aromatic rings. The van der Waals surface area contributed by atoms with Crippen molar-refractivity contribution in [2.75, 3.05) is 13.2 Å². The molecule has 0 spiro atoms. The minimum atomic E-state index is -5.96. The molecule has 0 saturated carbocycles. The van der Waals surface area contributed by atoms with E-state index in [4.69, 9.17) is 14.2 Å². The minimum absolute atomic E-state index is 0.161. The van der Waals surface area contributed by atoms with Gasteiger partial charge in [-0.3, -0.25) is 0 Å². The Morgan fingerprint density at radius 3 is 2.03 bits per heavy atom. The number of alkyl halides is 6. The third-order valence-electron chi connectivity index (χ3n) is 12.8. The van der Waals surface area contributed by atoms with Gasteiger partial charge in [0.15, 0.2) is 6.61 Å². The summed E-state index contributed by atoms with van der Waals surface area (Å²) in [5, 5.41) is 2.10. The first-order valence-corrected chi connectivity index (χ1v) is 26.0. The molecule has 0 radical (unpaired) electrons. The van der Waals surface area contributed by atoms with Crippen LogP contribution in [-0.2, 0) is 20.7 Å². The monoisotopic (exact) mass is 1030 g/mol. The van der Waals surface area contributed by atoms with Crippen molar-refractivity contribution < 1.29 is 50.1 Å². The first-order chi connectivity index (χ1) is 32.9. The number of esters is 1. The number of hydrogen-bond acceptors (Lipinski definition) is 7. The average molecular weight is 1030 g/mol. The Kier molecular flexibility index (Phi) is 18.3. The Hall–Kier alpha value is -4.59. The lowest BCUT2D eigenvalue weighted by molar-refractivity contribution is -0.332. The zero-order valence-electron chi connectivity index (χ0n) is 43.6. The molecule has 5 nitrogen and oxygen atoms in total. The van der Waals surface area contributed by atoms with E-state index in [1.165, 1.54) is 27.8 Å². The fourth-order valence-corrected chi connectivity index (χ4v) is 12.1. The SMILES string of the molecule is C=CC(=O)OCC(F)(F)C(F)(F)C(F)(F)COC(C(C)(C)CC(C)Oc1ccc2cc(-c3ccc(C)cc3CC)sc2c1)C(C)(C)CC(C)(C)Oc1ccc2cc(C(/C=C\CC(C)C)=C(\C)CC)sc2c1. The second-order valence-corrected chi connectivity index (χ2v) is 23.5. The number of hydrogen-bond donors (Lipinski definition) is 0. The van der Waals surface area contributed by atoms with E-state index >= 15 is 17.6 Å². The van der Waals surface area contributed by atoms with Crippen LogP contribution in [0.4, 0.5) is 26.3 Å². The van der Waals surface area contributed by atoms with Crippen LogP contribution >= 0.6 is 22.7 Å². The van der Waals surface area contributed by atoms with Crippen molar-refractivity contribution in [2.24, 2.45) is 16.7 Å². The molecule has 0 bridgehead atoms. The van der Waals surface area contributed by atoms with E-state index < -0.39 is 65.6 Å². The van der Waals surface area contributed by atoms with Gasteiger partial charge in [-0.15, -0.1) is 22.7 Å². The van der Waals surface area contributed by atoms with Crippen molar-refractivity contribution >= 4 is 54.4 Å². The maximum Gasteiger partial charge on any atom is 0.377 e. The zero-order chi connectivity index (χ0) is 52.9. The Labute approximate surface area is 425 Å². The van der Waals surface area contributed by atoms with Gasteiger partial charge in [0.05, 0.1) is 12.2 Å². The molecule has 2 aromatic heterocycles. The summed E-state index contributed by atoms with van der Waals surface area (Å²) in [6.07, 6.45) is 6.20. The van der Waals surface area contributed by atoms with Crippen molar-refractivity contribution in [3.8, 4) is 21.9 Å². The Morgan fingerprint density at radius 2 is 1.39 bits per heavy atom. The summed E-state index contributed by atoms with van der Waals surface area (Å²) in [4.78, 5) is 13.7. The lowest BCUT2D eigenvalue weighted by Gasteiger charge is -2.48. The standard InChI is InChI=1S/C58H72F6O5S2/c1-15-38(7)45(20-18-19-36(4)5)49-28-42-23-25-44(31-48(42)70-49)69-55(13,14)33-54(11,12)52(67-35-57(61,62)58(63,64)56(59,60)34-66-51(65)17-3)53(9,10)32-39(8)68-43-24-22-41-29-50(71-47(41)30-43)46-26-21-37(6)27-40(46)16-2/h17-18,20-31,36,39,52H,3,15-16,19,32-35H2,1-2,4-14H3/b20-18-,45-38+. The first-order valence-electron chi connectivity index (χ1n) is 24.4. The molecule has 0 aliphatic carbocycles. The van der Waals surface area contributed by atoms with Crippen molar-refractivity contribution in [1.82, 2.24) is 0 Å². The molecule has 0 N–H and O–H groups in total. The van der Waals surface area contributed by atoms with Gasteiger partial charge >= 0.3 is 23.7 Å².